The molecule has 0 aliphatic heterocycles. The molecule has 0 fully saturated rings. The number of nitrogens with two attached hydrogens (primary N) is 1. The van der Waals surface area contributed by atoms with E-state index in [-0.39, 0.29) is 34.1 Å². The maximum absolute atomic E-state index is 13.7. The van der Waals surface area contributed by atoms with Crippen molar-refractivity contribution < 1.29 is 14.3 Å². The number of carbonyl (C=O) groups is 1. The van der Waals surface area contributed by atoms with E-state index in [2.05, 4.69) is 21.8 Å². The van der Waals surface area contributed by atoms with Crippen LogP contribution in [0.1, 0.15) is 15.9 Å². The summed E-state index contributed by atoms with van der Waals surface area (Å²) >= 11 is 6.00. The molecular weight excluding hydrogens is 518 g/mol. The van der Waals surface area contributed by atoms with E-state index in [0.717, 1.165) is 0 Å². The summed E-state index contributed by atoms with van der Waals surface area (Å²) in [7, 11) is 3.12. The highest BCUT2D eigenvalue weighted by Gasteiger charge is 2.26. The van der Waals surface area contributed by atoms with Crippen molar-refractivity contribution in [3.05, 3.63) is 88.9 Å². The van der Waals surface area contributed by atoms with Gasteiger partial charge in [0.1, 0.15) is 34.5 Å². The van der Waals surface area contributed by atoms with Gasteiger partial charge in [0.2, 0.25) is 0 Å². The first-order chi connectivity index (χ1) is 18.9. The van der Waals surface area contributed by atoms with E-state index >= 15 is 0 Å². The number of fused-ring (bicyclic) bond motifs is 1. The Morgan fingerprint density at radius 2 is 1.69 bits per heavy atom. The second-order valence-corrected chi connectivity index (χ2v) is 8.77. The molecule has 1 amide bonds. The maximum Gasteiger partial charge on any atom is 0.263 e. The van der Waals surface area contributed by atoms with Crippen LogP contribution in [0.25, 0.3) is 16.9 Å². The van der Waals surface area contributed by atoms with E-state index in [1.54, 1.807) is 87.0 Å². The van der Waals surface area contributed by atoms with Gasteiger partial charge in [-0.05, 0) is 60.7 Å². The van der Waals surface area contributed by atoms with Crippen LogP contribution in [0.3, 0.4) is 0 Å². The zero-order valence-electron chi connectivity index (χ0n) is 20.9. The lowest BCUT2D eigenvalue weighted by Gasteiger charge is -2.10. The van der Waals surface area contributed by atoms with E-state index in [1.165, 1.54) is 4.52 Å². The molecule has 3 aromatic carbocycles. The second-order valence-electron chi connectivity index (χ2n) is 8.34. The summed E-state index contributed by atoms with van der Waals surface area (Å²) < 4.78 is 11.9. The first-order valence-electron chi connectivity index (χ1n) is 11.7. The Balaban J connectivity index is 1.70. The van der Waals surface area contributed by atoms with Gasteiger partial charge in [-0.15, -0.1) is 5.10 Å². The van der Waals surface area contributed by atoms with E-state index in [4.69, 9.17) is 31.8 Å². The molecule has 4 N–H and O–H groups in total. The van der Waals surface area contributed by atoms with Gasteiger partial charge in [0.25, 0.3) is 5.91 Å². The first-order valence-corrected chi connectivity index (χ1v) is 12.0. The molecule has 11 heteroatoms. The quantitative estimate of drug-likeness (QED) is 0.246. The fourth-order valence-corrected chi connectivity index (χ4v) is 4.12. The first kappa shape index (κ1) is 25.4. The molecule has 2 aromatic heterocycles. The highest BCUT2D eigenvalue weighted by atomic mass is 35.5. The molecule has 0 spiro atoms. The SMILES string of the molecule is COc1ccc(Nc2nn3c(N)c(C#N)c(-c4cccc(OC)c4)nc3c2C(=O)Nc2ccc(Cl)cc2)cc1. The van der Waals surface area contributed by atoms with Crippen molar-refractivity contribution in [2.75, 3.05) is 30.6 Å². The number of ether oxygens (including phenoxy) is 2. The lowest BCUT2D eigenvalue weighted by molar-refractivity contribution is 0.102. The fourth-order valence-electron chi connectivity index (χ4n) is 3.99. The van der Waals surface area contributed by atoms with Crippen molar-refractivity contribution in [3.63, 3.8) is 0 Å². The number of nitriles is 1. The van der Waals surface area contributed by atoms with Crippen LogP contribution < -0.4 is 25.8 Å². The highest BCUT2D eigenvalue weighted by molar-refractivity contribution is 6.30. The van der Waals surface area contributed by atoms with Crippen LogP contribution in [0.15, 0.2) is 72.8 Å². The molecule has 0 aliphatic rings. The van der Waals surface area contributed by atoms with Gasteiger partial charge in [0, 0.05) is 22.0 Å². The summed E-state index contributed by atoms with van der Waals surface area (Å²) in [6.07, 6.45) is 0. The van der Waals surface area contributed by atoms with Crippen LogP contribution in [-0.2, 0) is 0 Å². The zero-order valence-corrected chi connectivity index (χ0v) is 21.7. The van der Waals surface area contributed by atoms with E-state index in [0.29, 0.717) is 33.5 Å². The average molecular weight is 540 g/mol. The zero-order chi connectivity index (χ0) is 27.5. The summed E-state index contributed by atoms with van der Waals surface area (Å²) in [5.41, 5.74) is 8.88. The topological polar surface area (TPSA) is 140 Å². The number of hydrogen-bond donors (Lipinski definition) is 3. The van der Waals surface area contributed by atoms with Crippen molar-refractivity contribution in [1.82, 2.24) is 14.6 Å². The number of aromatic nitrogens is 3. The van der Waals surface area contributed by atoms with E-state index in [9.17, 15) is 10.1 Å². The normalized spacial score (nSPS) is 10.6. The van der Waals surface area contributed by atoms with Crippen molar-refractivity contribution >= 4 is 46.2 Å². The molecule has 0 bridgehead atoms. The Morgan fingerprint density at radius 1 is 1.00 bits per heavy atom. The van der Waals surface area contributed by atoms with Crippen LogP contribution in [0.4, 0.5) is 23.0 Å². The minimum atomic E-state index is -0.489. The molecule has 5 rings (SSSR count). The summed E-state index contributed by atoms with van der Waals surface area (Å²) in [4.78, 5) is 18.4. The standard InChI is InChI=1S/C28H22ClN7O3/c1-38-20-12-10-18(11-13-20)32-26-23(28(37)33-19-8-6-17(29)7-9-19)27-34-24(16-4-3-5-21(14-16)39-2)22(15-30)25(31)36(27)35-26/h3-14H,31H2,1-2H3,(H,32,35)(H,33,37). The molecule has 0 atom stereocenters. The summed E-state index contributed by atoms with van der Waals surface area (Å²) in [5.74, 6) is 0.981. The molecule has 39 heavy (non-hydrogen) atoms. The van der Waals surface area contributed by atoms with Gasteiger partial charge in [-0.1, -0.05) is 23.7 Å². The van der Waals surface area contributed by atoms with Crippen LogP contribution in [0, 0.1) is 11.3 Å². The molecule has 194 valence electrons. The van der Waals surface area contributed by atoms with Crippen molar-refractivity contribution in [2.24, 2.45) is 0 Å². The second kappa shape index (κ2) is 10.6. The lowest BCUT2D eigenvalue weighted by atomic mass is 10.1. The third-order valence-electron chi connectivity index (χ3n) is 5.94. The Morgan fingerprint density at radius 3 is 2.36 bits per heavy atom. The number of methoxy groups -OCH3 is 2. The molecule has 0 saturated heterocycles. The number of halogens is 1. The Hall–Kier alpha value is -5.27. The summed E-state index contributed by atoms with van der Waals surface area (Å²) in [6.45, 7) is 0. The van der Waals surface area contributed by atoms with Crippen LogP contribution in [-0.4, -0.2) is 34.7 Å². The molecule has 10 nitrogen and oxygen atoms in total. The predicted octanol–water partition coefficient (Wildman–Crippen LogP) is 5.52. The molecule has 0 unspecified atom stereocenters. The maximum atomic E-state index is 13.7. The molecule has 0 aliphatic carbocycles. The highest BCUT2D eigenvalue weighted by Crippen LogP contribution is 2.33. The van der Waals surface area contributed by atoms with Crippen LogP contribution in [0.5, 0.6) is 11.5 Å². The molecule has 0 saturated carbocycles. The predicted molar refractivity (Wildman–Crippen MR) is 150 cm³/mol. The third kappa shape index (κ3) is 4.99. The number of carbonyl (C=O) groups excluding carboxylic acids is 1. The van der Waals surface area contributed by atoms with Gasteiger partial charge in [-0.25, -0.2) is 4.98 Å². The monoisotopic (exact) mass is 539 g/mol. The summed E-state index contributed by atoms with van der Waals surface area (Å²) in [6, 6.07) is 23.0. The van der Waals surface area contributed by atoms with Gasteiger partial charge in [-0.3, -0.25) is 4.79 Å². The van der Waals surface area contributed by atoms with Crippen molar-refractivity contribution in [2.45, 2.75) is 0 Å². The number of nitrogens with one attached hydrogen (secondary N) is 2. The minimum Gasteiger partial charge on any atom is -0.497 e. The lowest BCUT2D eigenvalue weighted by Crippen LogP contribution is -2.14. The van der Waals surface area contributed by atoms with Gasteiger partial charge in [-0.2, -0.15) is 9.78 Å². The minimum absolute atomic E-state index is 0.0312. The number of anilines is 4. The van der Waals surface area contributed by atoms with Gasteiger partial charge < -0.3 is 25.8 Å². The third-order valence-corrected chi connectivity index (χ3v) is 6.19. The van der Waals surface area contributed by atoms with Crippen LogP contribution >= 0.6 is 11.6 Å². The van der Waals surface area contributed by atoms with E-state index in [1.807, 2.05) is 0 Å². The Bertz CT molecular complexity index is 1730. The average Bonchev–Trinajstić information content (AvgIpc) is 3.33. The number of amides is 1. The van der Waals surface area contributed by atoms with Crippen molar-refractivity contribution in [3.8, 4) is 28.8 Å². The van der Waals surface area contributed by atoms with Crippen molar-refractivity contribution in [1.29, 1.82) is 5.26 Å². The number of benzene rings is 3. The number of nitrogens with zero attached hydrogens (tertiary/aromatic N) is 4. The summed E-state index contributed by atoms with van der Waals surface area (Å²) in [5, 5.41) is 21.1. The molecule has 5 aromatic rings. The van der Waals surface area contributed by atoms with Gasteiger partial charge >= 0.3 is 0 Å². The largest absolute Gasteiger partial charge is 0.497 e. The Labute approximate surface area is 228 Å². The smallest absolute Gasteiger partial charge is 0.263 e. The number of hydrogen-bond acceptors (Lipinski definition) is 8. The molecule has 2 heterocycles. The van der Waals surface area contributed by atoms with Gasteiger partial charge in [0.05, 0.1) is 19.9 Å². The fraction of sp³-hybridized carbons (Fsp3) is 0.0714. The van der Waals surface area contributed by atoms with E-state index < -0.39 is 5.91 Å². The number of nitrogen functional groups attached to an aromatic ring is 1. The van der Waals surface area contributed by atoms with Gasteiger partial charge in [0.15, 0.2) is 11.5 Å². The molecule has 0 radical (unpaired) electrons. The Kier molecular flexibility index (Phi) is 6.91. The van der Waals surface area contributed by atoms with Crippen LogP contribution in [0.2, 0.25) is 5.02 Å². The molecular formula is C28H22ClN7O3. The number of rotatable bonds is 7.